The van der Waals surface area contributed by atoms with Crippen molar-refractivity contribution in [2.75, 3.05) is 13.1 Å². The Balaban J connectivity index is 2.70. The molecule has 1 amide bonds. The first-order chi connectivity index (χ1) is 7.54. The van der Waals surface area contributed by atoms with Crippen LogP contribution in [-0.2, 0) is 0 Å². The summed E-state index contributed by atoms with van der Waals surface area (Å²) in [4.78, 5) is 26.0. The molecular formula is C11H17N3O2. The van der Waals surface area contributed by atoms with E-state index in [-0.39, 0.29) is 22.8 Å². The van der Waals surface area contributed by atoms with Gasteiger partial charge in [-0.25, -0.2) is 0 Å². The van der Waals surface area contributed by atoms with Gasteiger partial charge >= 0.3 is 0 Å². The van der Waals surface area contributed by atoms with Gasteiger partial charge < -0.3 is 16.0 Å². The van der Waals surface area contributed by atoms with Crippen molar-refractivity contribution in [3.8, 4) is 0 Å². The monoisotopic (exact) mass is 223 g/mol. The zero-order chi connectivity index (χ0) is 12.1. The number of carbonyl (C=O) groups is 1. The molecule has 1 rings (SSSR count). The van der Waals surface area contributed by atoms with Gasteiger partial charge in [-0.15, -0.1) is 0 Å². The van der Waals surface area contributed by atoms with E-state index in [9.17, 15) is 9.59 Å². The maximum Gasteiger partial charge on any atom is 0.256 e. The van der Waals surface area contributed by atoms with Crippen molar-refractivity contribution in [3.05, 3.63) is 33.7 Å². The fraction of sp³-hybridized carbons (Fsp3) is 0.455. The van der Waals surface area contributed by atoms with Gasteiger partial charge in [0, 0.05) is 24.5 Å². The molecule has 88 valence electrons. The lowest BCUT2D eigenvalue weighted by atomic mass is 10.1. The van der Waals surface area contributed by atoms with E-state index in [4.69, 9.17) is 5.73 Å². The first-order valence-corrected chi connectivity index (χ1v) is 5.22. The summed E-state index contributed by atoms with van der Waals surface area (Å²) in [6, 6.07) is 1.40. The molecule has 5 nitrogen and oxygen atoms in total. The van der Waals surface area contributed by atoms with Crippen LogP contribution < -0.4 is 16.5 Å². The number of hydrogen-bond donors (Lipinski definition) is 3. The minimum atomic E-state index is -0.360. The maximum atomic E-state index is 11.6. The van der Waals surface area contributed by atoms with Crippen LogP contribution in [0.2, 0.25) is 0 Å². The van der Waals surface area contributed by atoms with Gasteiger partial charge in [0.15, 0.2) is 5.43 Å². The van der Waals surface area contributed by atoms with E-state index in [0.29, 0.717) is 13.1 Å². The second-order valence-electron chi connectivity index (χ2n) is 3.94. The smallest absolute Gasteiger partial charge is 0.256 e. The van der Waals surface area contributed by atoms with Crippen LogP contribution in [0.5, 0.6) is 0 Å². The molecule has 0 aliphatic carbocycles. The second kappa shape index (κ2) is 5.46. The maximum absolute atomic E-state index is 11.6. The summed E-state index contributed by atoms with van der Waals surface area (Å²) in [6.07, 6.45) is 1.43. The van der Waals surface area contributed by atoms with Crippen LogP contribution in [0.1, 0.15) is 23.0 Å². The van der Waals surface area contributed by atoms with Crippen LogP contribution in [0, 0.1) is 12.8 Å². The number of hydrogen-bond acceptors (Lipinski definition) is 3. The molecule has 0 spiro atoms. The number of aromatic amines is 1. The van der Waals surface area contributed by atoms with Crippen molar-refractivity contribution >= 4 is 5.91 Å². The van der Waals surface area contributed by atoms with Gasteiger partial charge in [0.25, 0.3) is 5.91 Å². The molecule has 0 bridgehead atoms. The van der Waals surface area contributed by atoms with Crippen LogP contribution in [0.3, 0.4) is 0 Å². The average Bonchev–Trinajstić information content (AvgIpc) is 2.25. The topological polar surface area (TPSA) is 88.0 Å². The number of carbonyl (C=O) groups excluding carboxylic acids is 1. The molecule has 0 fully saturated rings. The molecule has 5 heteroatoms. The van der Waals surface area contributed by atoms with Crippen LogP contribution in [0.25, 0.3) is 0 Å². The van der Waals surface area contributed by atoms with E-state index in [1.54, 1.807) is 6.92 Å². The summed E-state index contributed by atoms with van der Waals surface area (Å²) in [5.74, 6) is -0.157. The SMILES string of the molecule is Cc1cc(=O)c(C(=O)NCC(C)CN)c[nH]1. The van der Waals surface area contributed by atoms with Gasteiger partial charge in [0.05, 0.1) is 0 Å². The molecule has 16 heavy (non-hydrogen) atoms. The largest absolute Gasteiger partial charge is 0.364 e. The zero-order valence-electron chi connectivity index (χ0n) is 9.54. The lowest BCUT2D eigenvalue weighted by molar-refractivity contribution is 0.0947. The molecule has 0 saturated carbocycles. The fourth-order valence-corrected chi connectivity index (χ4v) is 1.20. The number of rotatable bonds is 4. The Bertz CT molecular complexity index is 425. The average molecular weight is 223 g/mol. The summed E-state index contributed by atoms with van der Waals surface area (Å²) in [6.45, 7) is 4.67. The van der Waals surface area contributed by atoms with Gasteiger partial charge in [0.1, 0.15) is 5.56 Å². The van der Waals surface area contributed by atoms with Gasteiger partial charge in [0.2, 0.25) is 0 Å². The van der Waals surface area contributed by atoms with Crippen molar-refractivity contribution in [1.82, 2.24) is 10.3 Å². The summed E-state index contributed by atoms with van der Waals surface area (Å²) in [5.41, 5.74) is 6.03. The molecule has 1 aromatic rings. The van der Waals surface area contributed by atoms with Crippen molar-refractivity contribution in [3.63, 3.8) is 0 Å². The van der Waals surface area contributed by atoms with E-state index in [1.165, 1.54) is 12.3 Å². The van der Waals surface area contributed by atoms with Crippen molar-refractivity contribution in [1.29, 1.82) is 0 Å². The first-order valence-electron chi connectivity index (χ1n) is 5.22. The Kier molecular flexibility index (Phi) is 4.25. The van der Waals surface area contributed by atoms with E-state index >= 15 is 0 Å². The molecule has 1 aromatic heterocycles. The Hall–Kier alpha value is -1.62. The lowest BCUT2D eigenvalue weighted by Gasteiger charge is -2.09. The third-order valence-corrected chi connectivity index (χ3v) is 2.32. The normalized spacial score (nSPS) is 12.2. The molecule has 1 atom stereocenters. The molecule has 0 aromatic carbocycles. The molecule has 4 N–H and O–H groups in total. The number of nitrogens with two attached hydrogens (primary N) is 1. The van der Waals surface area contributed by atoms with Crippen molar-refractivity contribution in [2.24, 2.45) is 11.7 Å². The van der Waals surface area contributed by atoms with E-state index in [0.717, 1.165) is 5.69 Å². The van der Waals surface area contributed by atoms with Crippen LogP contribution in [0.4, 0.5) is 0 Å². The van der Waals surface area contributed by atoms with Crippen LogP contribution >= 0.6 is 0 Å². The highest BCUT2D eigenvalue weighted by atomic mass is 16.2. The number of amides is 1. The fourth-order valence-electron chi connectivity index (χ4n) is 1.20. The van der Waals surface area contributed by atoms with E-state index < -0.39 is 0 Å². The minimum absolute atomic E-state index is 0.134. The van der Waals surface area contributed by atoms with E-state index in [2.05, 4.69) is 10.3 Å². The highest BCUT2D eigenvalue weighted by molar-refractivity contribution is 5.93. The predicted molar refractivity (Wildman–Crippen MR) is 62.4 cm³/mol. The second-order valence-corrected chi connectivity index (χ2v) is 3.94. The first kappa shape index (κ1) is 12.4. The lowest BCUT2D eigenvalue weighted by Crippen LogP contribution is -2.34. The summed E-state index contributed by atoms with van der Waals surface area (Å²) >= 11 is 0. The van der Waals surface area contributed by atoms with Gasteiger partial charge in [-0.1, -0.05) is 6.92 Å². The predicted octanol–water partition coefficient (Wildman–Crippen LogP) is 0.00792. The Morgan fingerprint density at radius 3 is 2.88 bits per heavy atom. The molecule has 0 saturated heterocycles. The molecule has 0 aliphatic heterocycles. The molecular weight excluding hydrogens is 206 g/mol. The third kappa shape index (κ3) is 3.20. The molecule has 0 aliphatic rings. The van der Waals surface area contributed by atoms with Crippen molar-refractivity contribution in [2.45, 2.75) is 13.8 Å². The van der Waals surface area contributed by atoms with Gasteiger partial charge in [-0.05, 0) is 19.4 Å². The Labute approximate surface area is 94.1 Å². The molecule has 0 radical (unpaired) electrons. The quantitative estimate of drug-likeness (QED) is 0.671. The van der Waals surface area contributed by atoms with Crippen LogP contribution in [-0.4, -0.2) is 24.0 Å². The third-order valence-electron chi connectivity index (χ3n) is 2.32. The summed E-state index contributed by atoms with van der Waals surface area (Å²) in [7, 11) is 0. The van der Waals surface area contributed by atoms with Gasteiger partial charge in [-0.3, -0.25) is 9.59 Å². The van der Waals surface area contributed by atoms with E-state index in [1.807, 2.05) is 6.92 Å². The minimum Gasteiger partial charge on any atom is -0.364 e. The molecule has 1 heterocycles. The summed E-state index contributed by atoms with van der Waals surface area (Å²) in [5, 5.41) is 2.67. The number of H-pyrrole nitrogens is 1. The number of nitrogens with one attached hydrogen (secondary N) is 2. The number of aromatic nitrogens is 1. The highest BCUT2D eigenvalue weighted by Gasteiger charge is 2.10. The highest BCUT2D eigenvalue weighted by Crippen LogP contribution is 1.93. The van der Waals surface area contributed by atoms with Crippen LogP contribution in [0.15, 0.2) is 17.1 Å². The zero-order valence-corrected chi connectivity index (χ0v) is 9.54. The number of aryl methyl sites for hydroxylation is 1. The number of pyridine rings is 1. The van der Waals surface area contributed by atoms with Gasteiger partial charge in [-0.2, -0.15) is 0 Å². The Morgan fingerprint density at radius 1 is 1.62 bits per heavy atom. The molecule has 1 unspecified atom stereocenters. The summed E-state index contributed by atoms with van der Waals surface area (Å²) < 4.78 is 0. The standard InChI is InChI=1S/C11H17N3O2/c1-7(4-12)5-14-11(16)9-6-13-8(2)3-10(9)15/h3,6-7H,4-5,12H2,1-2H3,(H,13,15)(H,14,16). The Morgan fingerprint density at radius 2 is 2.31 bits per heavy atom. The van der Waals surface area contributed by atoms with Crippen molar-refractivity contribution < 1.29 is 4.79 Å².